The summed E-state index contributed by atoms with van der Waals surface area (Å²) < 4.78 is 0. The van der Waals surface area contributed by atoms with Gasteiger partial charge in [-0.3, -0.25) is 4.79 Å². The molecule has 0 atom stereocenters. The maximum absolute atomic E-state index is 11.6. The summed E-state index contributed by atoms with van der Waals surface area (Å²) in [5.41, 5.74) is 0.732. The van der Waals surface area contributed by atoms with Gasteiger partial charge in [0.15, 0.2) is 0 Å². The van der Waals surface area contributed by atoms with Crippen LogP contribution < -0.4 is 10.6 Å². The van der Waals surface area contributed by atoms with E-state index in [2.05, 4.69) is 26.6 Å². The highest BCUT2D eigenvalue weighted by Crippen LogP contribution is 2.26. The van der Waals surface area contributed by atoms with Gasteiger partial charge < -0.3 is 10.6 Å². The Morgan fingerprint density at radius 3 is 2.93 bits per heavy atom. The van der Waals surface area contributed by atoms with E-state index in [9.17, 15) is 4.79 Å². The third-order valence-electron chi connectivity index (χ3n) is 1.71. The molecule has 0 fully saturated rings. The van der Waals surface area contributed by atoms with Crippen LogP contribution in [0.2, 0.25) is 0 Å². The number of carbonyl (C=O) groups is 1. The molecule has 78 valence electrons. The molecule has 0 radical (unpaired) electrons. The Morgan fingerprint density at radius 2 is 2.36 bits per heavy atom. The summed E-state index contributed by atoms with van der Waals surface area (Å²) in [4.78, 5) is 12.8. The van der Waals surface area contributed by atoms with Gasteiger partial charge in [-0.05, 0) is 13.0 Å². The second kappa shape index (κ2) is 5.36. The van der Waals surface area contributed by atoms with Gasteiger partial charge in [0.1, 0.15) is 5.00 Å². The minimum absolute atomic E-state index is 0.0156. The molecule has 1 aromatic rings. The van der Waals surface area contributed by atoms with Gasteiger partial charge in [-0.25, -0.2) is 0 Å². The average Bonchev–Trinajstić information content (AvgIpc) is 2.56. The van der Waals surface area contributed by atoms with Crippen LogP contribution >= 0.6 is 27.3 Å². The number of nitrogens with one attached hydrogen (secondary N) is 2. The van der Waals surface area contributed by atoms with Crippen LogP contribution in [0.25, 0.3) is 0 Å². The van der Waals surface area contributed by atoms with Crippen LogP contribution in [0.1, 0.15) is 15.2 Å². The lowest BCUT2D eigenvalue weighted by Gasteiger charge is -2.03. The Labute approximate surface area is 96.0 Å². The molecule has 0 aliphatic heterocycles. The molecule has 1 amide bonds. The number of carbonyl (C=O) groups excluding carboxylic acids is 1. The highest BCUT2D eigenvalue weighted by molar-refractivity contribution is 9.09. The number of thiophene rings is 1. The fraction of sp³-hybridized carbons (Fsp3) is 0.444. The fourth-order valence-electron chi connectivity index (χ4n) is 1.12. The second-order valence-electron chi connectivity index (χ2n) is 2.79. The van der Waals surface area contributed by atoms with Gasteiger partial charge in [-0.2, -0.15) is 0 Å². The van der Waals surface area contributed by atoms with E-state index in [-0.39, 0.29) is 5.91 Å². The van der Waals surface area contributed by atoms with E-state index in [4.69, 9.17) is 0 Å². The molecule has 0 aliphatic rings. The Hall–Kier alpha value is -0.550. The zero-order valence-electron chi connectivity index (χ0n) is 8.19. The van der Waals surface area contributed by atoms with Crippen molar-refractivity contribution in [2.24, 2.45) is 0 Å². The Morgan fingerprint density at radius 1 is 1.64 bits per heavy atom. The number of halogens is 1. The number of hydrogen-bond donors (Lipinski definition) is 2. The highest BCUT2D eigenvalue weighted by atomic mass is 79.9. The third-order valence-corrected chi connectivity index (χ3v) is 3.17. The first kappa shape index (κ1) is 11.5. The van der Waals surface area contributed by atoms with Crippen LogP contribution in [0.15, 0.2) is 6.07 Å². The molecular formula is C9H13BrN2OS. The van der Waals surface area contributed by atoms with Crippen molar-refractivity contribution in [3.63, 3.8) is 0 Å². The van der Waals surface area contributed by atoms with Crippen LogP contribution in [0.5, 0.6) is 0 Å². The van der Waals surface area contributed by atoms with E-state index in [0.717, 1.165) is 20.8 Å². The Balaban J connectivity index is 2.77. The van der Waals surface area contributed by atoms with Crippen LogP contribution in [0.4, 0.5) is 5.00 Å². The zero-order chi connectivity index (χ0) is 10.6. The Bertz CT molecular complexity index is 325. The van der Waals surface area contributed by atoms with Crippen molar-refractivity contribution < 1.29 is 4.79 Å². The molecule has 0 aliphatic carbocycles. The van der Waals surface area contributed by atoms with Crippen molar-refractivity contribution >= 4 is 38.2 Å². The summed E-state index contributed by atoms with van der Waals surface area (Å²) in [6.07, 6.45) is 0. The maximum atomic E-state index is 11.6. The molecule has 0 unspecified atom stereocenters. The lowest BCUT2D eigenvalue weighted by Crippen LogP contribution is -2.25. The van der Waals surface area contributed by atoms with Crippen LogP contribution in [0.3, 0.4) is 0 Å². The molecule has 1 aromatic heterocycles. The standard InChI is InChI=1S/C9H13BrN2OS/c1-6-5-7(9(11-2)14-6)8(13)12-4-3-10/h5,11H,3-4H2,1-2H3,(H,12,13). The smallest absolute Gasteiger partial charge is 0.254 e. The van der Waals surface area contributed by atoms with E-state index in [1.54, 1.807) is 11.3 Å². The van der Waals surface area contributed by atoms with Crippen LogP contribution in [-0.2, 0) is 0 Å². The monoisotopic (exact) mass is 276 g/mol. The molecule has 1 rings (SSSR count). The molecule has 0 bridgehead atoms. The first-order chi connectivity index (χ1) is 6.69. The summed E-state index contributed by atoms with van der Waals surface area (Å²) in [5.74, 6) is -0.0156. The van der Waals surface area contributed by atoms with Gasteiger partial charge in [-0.15, -0.1) is 11.3 Å². The topological polar surface area (TPSA) is 41.1 Å². The molecule has 1 heterocycles. The number of aryl methyl sites for hydroxylation is 1. The quantitative estimate of drug-likeness (QED) is 0.829. The summed E-state index contributed by atoms with van der Waals surface area (Å²) in [5, 5.41) is 7.54. The van der Waals surface area contributed by atoms with E-state index in [1.807, 2.05) is 20.0 Å². The number of alkyl halides is 1. The van der Waals surface area contributed by atoms with Gasteiger partial charge in [0.25, 0.3) is 5.91 Å². The number of rotatable bonds is 4. The predicted octanol–water partition coefficient (Wildman–Crippen LogP) is 2.22. The van der Waals surface area contributed by atoms with E-state index in [1.165, 1.54) is 0 Å². The molecule has 5 heteroatoms. The molecule has 0 aromatic carbocycles. The maximum Gasteiger partial charge on any atom is 0.254 e. The average molecular weight is 277 g/mol. The van der Waals surface area contributed by atoms with Gasteiger partial charge in [0.2, 0.25) is 0 Å². The first-order valence-corrected chi connectivity index (χ1v) is 6.25. The summed E-state index contributed by atoms with van der Waals surface area (Å²) in [6.45, 7) is 2.64. The fourth-order valence-corrected chi connectivity index (χ4v) is 2.19. The third kappa shape index (κ3) is 2.72. The van der Waals surface area contributed by atoms with Crippen molar-refractivity contribution in [3.05, 3.63) is 16.5 Å². The molecule has 2 N–H and O–H groups in total. The SMILES string of the molecule is CNc1sc(C)cc1C(=O)NCCBr. The van der Waals surface area contributed by atoms with E-state index < -0.39 is 0 Å². The largest absolute Gasteiger partial charge is 0.379 e. The van der Waals surface area contributed by atoms with Gasteiger partial charge in [-0.1, -0.05) is 15.9 Å². The minimum Gasteiger partial charge on any atom is -0.379 e. The van der Waals surface area contributed by atoms with E-state index >= 15 is 0 Å². The molecule has 0 saturated heterocycles. The van der Waals surface area contributed by atoms with Crippen molar-refractivity contribution in [3.8, 4) is 0 Å². The van der Waals surface area contributed by atoms with Crippen LogP contribution in [0, 0.1) is 6.92 Å². The van der Waals surface area contributed by atoms with E-state index in [0.29, 0.717) is 6.54 Å². The molecule has 0 saturated carbocycles. The number of hydrogen-bond acceptors (Lipinski definition) is 3. The first-order valence-electron chi connectivity index (χ1n) is 4.31. The van der Waals surface area contributed by atoms with Crippen molar-refractivity contribution in [1.82, 2.24) is 5.32 Å². The summed E-state index contributed by atoms with van der Waals surface area (Å²) in [7, 11) is 1.83. The number of amides is 1. The number of anilines is 1. The Kier molecular flexibility index (Phi) is 4.41. The van der Waals surface area contributed by atoms with Gasteiger partial charge >= 0.3 is 0 Å². The van der Waals surface area contributed by atoms with Crippen molar-refractivity contribution in [2.45, 2.75) is 6.92 Å². The predicted molar refractivity (Wildman–Crippen MR) is 64.7 cm³/mol. The normalized spacial score (nSPS) is 9.93. The second-order valence-corrected chi connectivity index (χ2v) is 4.84. The van der Waals surface area contributed by atoms with Crippen molar-refractivity contribution in [1.29, 1.82) is 0 Å². The molecular weight excluding hydrogens is 264 g/mol. The molecule has 3 nitrogen and oxygen atoms in total. The summed E-state index contributed by atoms with van der Waals surface area (Å²) in [6, 6.07) is 1.90. The van der Waals surface area contributed by atoms with Gasteiger partial charge in [0.05, 0.1) is 5.56 Å². The van der Waals surface area contributed by atoms with Crippen LogP contribution in [-0.4, -0.2) is 24.8 Å². The highest BCUT2D eigenvalue weighted by Gasteiger charge is 2.12. The summed E-state index contributed by atoms with van der Waals surface area (Å²) >= 11 is 4.86. The molecule has 14 heavy (non-hydrogen) atoms. The zero-order valence-corrected chi connectivity index (χ0v) is 10.6. The minimum atomic E-state index is -0.0156. The van der Waals surface area contributed by atoms with Gasteiger partial charge in [0, 0.05) is 23.8 Å². The molecule has 0 spiro atoms. The lowest BCUT2D eigenvalue weighted by molar-refractivity contribution is 0.0957. The lowest BCUT2D eigenvalue weighted by atomic mass is 10.2. The van der Waals surface area contributed by atoms with Crippen molar-refractivity contribution in [2.75, 3.05) is 24.2 Å².